The van der Waals surface area contributed by atoms with Gasteiger partial charge in [0.05, 0.1) is 11.8 Å². The number of hydrogen-bond acceptors (Lipinski definition) is 11. The van der Waals surface area contributed by atoms with Crippen molar-refractivity contribution in [2.75, 3.05) is 6.54 Å². The van der Waals surface area contributed by atoms with Crippen LogP contribution in [0, 0.1) is 25.6 Å². The number of amides is 4. The second-order valence-electron chi connectivity index (χ2n) is 17.6. The van der Waals surface area contributed by atoms with Crippen molar-refractivity contribution >= 4 is 55.9 Å². The summed E-state index contributed by atoms with van der Waals surface area (Å²) >= 11 is 0. The van der Waals surface area contributed by atoms with Crippen LogP contribution in [0.2, 0.25) is 0 Å². The van der Waals surface area contributed by atoms with Crippen LogP contribution >= 0.6 is 0 Å². The molecule has 4 amide bonds. The molecule has 0 unspecified atom stereocenters. The second kappa shape index (κ2) is 16.6. The Morgan fingerprint density at radius 2 is 1.76 bits per heavy atom. The number of ether oxygens (including phenoxy) is 2. The lowest BCUT2D eigenvalue weighted by Crippen LogP contribution is -2.58. The fraction of sp³-hybridized carbons (Fsp3) is 0.511. The first-order chi connectivity index (χ1) is 29.8. The van der Waals surface area contributed by atoms with E-state index in [4.69, 9.17) is 23.9 Å². The number of furan rings is 1. The van der Waals surface area contributed by atoms with E-state index in [1.54, 1.807) is 19.1 Å². The number of hydrogen-bond donors (Lipinski definition) is 3. The summed E-state index contributed by atoms with van der Waals surface area (Å²) < 4.78 is 61.6. The summed E-state index contributed by atoms with van der Waals surface area (Å²) in [5.74, 6) is -2.75. The number of benzene rings is 2. The highest BCUT2D eigenvalue weighted by Gasteiger charge is 2.62. The molecular formula is C45H51FN6O9S. The summed E-state index contributed by atoms with van der Waals surface area (Å²) in [5, 5.41) is 5.72. The van der Waals surface area contributed by atoms with Gasteiger partial charge in [0.1, 0.15) is 46.7 Å². The Balaban J connectivity index is 1.06. The van der Waals surface area contributed by atoms with Gasteiger partial charge in [0.25, 0.3) is 11.8 Å². The van der Waals surface area contributed by atoms with Crippen LogP contribution in [0.3, 0.4) is 0 Å². The van der Waals surface area contributed by atoms with Crippen molar-refractivity contribution in [1.82, 2.24) is 30.2 Å². The van der Waals surface area contributed by atoms with Gasteiger partial charge in [-0.2, -0.15) is 4.98 Å². The number of allylic oxidation sites excluding steroid dienone is 1. The molecule has 2 aromatic heterocycles. The summed E-state index contributed by atoms with van der Waals surface area (Å²) in [6.45, 7) is 3.47. The fourth-order valence-corrected chi connectivity index (χ4v) is 10.4. The van der Waals surface area contributed by atoms with Crippen molar-refractivity contribution < 1.29 is 45.9 Å². The molecule has 1 saturated heterocycles. The van der Waals surface area contributed by atoms with E-state index in [1.807, 2.05) is 37.3 Å². The molecule has 5 atom stereocenters. The number of alkyl carbamates (subject to hydrolysis) is 1. The molecule has 4 heterocycles. The van der Waals surface area contributed by atoms with E-state index in [0.29, 0.717) is 53.3 Å². The predicted octanol–water partition coefficient (Wildman–Crippen LogP) is 6.19. The van der Waals surface area contributed by atoms with Gasteiger partial charge >= 0.3 is 6.09 Å². The fourth-order valence-electron chi connectivity index (χ4n) is 9.01. The lowest BCUT2D eigenvalue weighted by Gasteiger charge is -2.30. The van der Waals surface area contributed by atoms with Crippen molar-refractivity contribution in [3.63, 3.8) is 0 Å². The van der Waals surface area contributed by atoms with Crippen LogP contribution in [0.25, 0.3) is 33.5 Å². The number of halogens is 1. The molecule has 3 N–H and O–H groups in total. The number of nitrogens with zero attached hydrogens (tertiary/aromatic N) is 3. The van der Waals surface area contributed by atoms with Crippen LogP contribution in [0.1, 0.15) is 94.6 Å². The minimum Gasteiger partial charge on any atom is -0.470 e. The number of sulfonamides is 1. The Morgan fingerprint density at radius 3 is 2.53 bits per heavy atom. The highest BCUT2D eigenvalue weighted by Crippen LogP contribution is 2.46. The summed E-state index contributed by atoms with van der Waals surface area (Å²) in [7, 11) is -3.94. The number of carbonyl (C=O) groups is 4. The lowest BCUT2D eigenvalue weighted by atomic mass is 10.0. The second-order valence-corrected chi connectivity index (χ2v) is 19.6. The van der Waals surface area contributed by atoms with Gasteiger partial charge in [-0.1, -0.05) is 48.8 Å². The zero-order valence-corrected chi connectivity index (χ0v) is 35.6. The lowest BCUT2D eigenvalue weighted by molar-refractivity contribution is -0.141. The van der Waals surface area contributed by atoms with E-state index < -0.39 is 74.5 Å². The predicted molar refractivity (Wildman–Crippen MR) is 226 cm³/mol. The minimum absolute atomic E-state index is 0.0174. The summed E-state index contributed by atoms with van der Waals surface area (Å²) in [6, 6.07) is 8.05. The Bertz CT molecular complexity index is 2590. The molecule has 3 aliphatic carbocycles. The number of carbonyl (C=O) groups excluding carboxylic acids is 4. The van der Waals surface area contributed by atoms with Gasteiger partial charge < -0.3 is 29.4 Å². The third-order valence-electron chi connectivity index (χ3n) is 12.9. The molecular weight excluding hydrogens is 820 g/mol. The molecule has 0 spiro atoms. The smallest absolute Gasteiger partial charge is 0.408 e. The SMILES string of the molecule is Cc1ccc2oc3c(O[C@@H]4C[C@H]5C(=O)N[C@]6(C(=O)NS(=O)(=O)C7CC7)C[C@H]6C=CCCCCC[C@H](NC(=O)OC6CCCC6)C(=O)N5C4)nc(-c4ccc(C)c(F)c4)nc3c2c1. The maximum atomic E-state index is 14.9. The molecule has 2 aliphatic heterocycles. The van der Waals surface area contributed by atoms with Gasteiger partial charge in [-0.15, -0.1) is 0 Å². The van der Waals surface area contributed by atoms with Crippen LogP contribution < -0.4 is 20.1 Å². The molecule has 328 valence electrons. The Morgan fingerprint density at radius 1 is 0.968 bits per heavy atom. The molecule has 3 saturated carbocycles. The van der Waals surface area contributed by atoms with Gasteiger partial charge in [-0.05, 0) is 102 Å². The van der Waals surface area contributed by atoms with E-state index in [0.717, 1.165) is 44.1 Å². The molecule has 5 aliphatic rings. The third-order valence-corrected chi connectivity index (χ3v) is 14.7. The number of fused-ring (bicyclic) bond motifs is 5. The average molecular weight is 871 g/mol. The molecule has 0 bridgehead atoms. The number of aryl methyl sites for hydroxylation is 2. The zero-order valence-electron chi connectivity index (χ0n) is 34.8. The van der Waals surface area contributed by atoms with Crippen LogP contribution in [0.4, 0.5) is 9.18 Å². The van der Waals surface area contributed by atoms with Crippen molar-refractivity contribution in [3.8, 4) is 17.3 Å². The van der Waals surface area contributed by atoms with E-state index in [-0.39, 0.29) is 49.2 Å². The van der Waals surface area contributed by atoms with Crippen LogP contribution in [0.15, 0.2) is 53.0 Å². The summed E-state index contributed by atoms with van der Waals surface area (Å²) in [6.07, 6.45) is 9.43. The van der Waals surface area contributed by atoms with Crippen molar-refractivity contribution in [1.29, 1.82) is 0 Å². The van der Waals surface area contributed by atoms with Crippen LogP contribution in [0.5, 0.6) is 5.88 Å². The van der Waals surface area contributed by atoms with Crippen molar-refractivity contribution in [3.05, 3.63) is 65.5 Å². The molecule has 17 heteroatoms. The van der Waals surface area contributed by atoms with Crippen LogP contribution in [-0.4, -0.2) is 88.7 Å². The molecule has 2 aromatic carbocycles. The Labute approximate surface area is 358 Å². The Hall–Kier alpha value is -5.58. The van der Waals surface area contributed by atoms with Gasteiger partial charge in [-0.3, -0.25) is 19.1 Å². The van der Waals surface area contributed by atoms with Crippen molar-refractivity contribution in [2.24, 2.45) is 5.92 Å². The van der Waals surface area contributed by atoms with E-state index >= 15 is 0 Å². The standard InChI is InChI=1S/C45H51FN6O9S/c1-25-14-19-36-32(20-25)37-38(61-36)41(49-39(48-37)27-16-15-26(2)33(46)21-27)59-30-22-35-40(53)50-45(43(55)51-62(57,58)31-17-18-31)23-28(45)10-6-4-3-5-7-13-34(42(54)52(35)24-30)47-44(56)60-29-11-8-9-12-29/h6,10,14-16,19-21,28-31,34-35H,3-5,7-9,11-13,17-18,22-24H2,1-2H3,(H,47,56)(H,50,53)(H,51,55)/t28-,30-,34+,35+,45-/m1/s1. The van der Waals surface area contributed by atoms with Crippen LogP contribution in [-0.2, 0) is 29.1 Å². The highest BCUT2D eigenvalue weighted by atomic mass is 32.2. The van der Waals surface area contributed by atoms with Crippen molar-refractivity contribution in [2.45, 2.75) is 132 Å². The third kappa shape index (κ3) is 8.47. The maximum absolute atomic E-state index is 14.9. The average Bonchev–Trinajstić information content (AvgIpc) is 4.05. The van der Waals surface area contributed by atoms with Gasteiger partial charge in [0.2, 0.25) is 27.4 Å². The highest BCUT2D eigenvalue weighted by molar-refractivity contribution is 7.91. The quantitative estimate of drug-likeness (QED) is 0.171. The summed E-state index contributed by atoms with van der Waals surface area (Å²) in [4.78, 5) is 67.5. The monoisotopic (exact) mass is 870 g/mol. The first kappa shape index (κ1) is 41.8. The molecule has 0 radical (unpaired) electrons. The minimum atomic E-state index is -3.94. The molecule has 4 fully saturated rings. The number of aromatic nitrogens is 2. The number of nitrogens with one attached hydrogen (secondary N) is 3. The topological polar surface area (TPSA) is 199 Å². The Kier molecular flexibility index (Phi) is 11.2. The molecule has 4 aromatic rings. The van der Waals surface area contributed by atoms with Gasteiger partial charge in [0, 0.05) is 23.3 Å². The normalized spacial score (nSPS) is 26.0. The largest absolute Gasteiger partial charge is 0.470 e. The molecule has 9 rings (SSSR count). The first-order valence-corrected chi connectivity index (χ1v) is 23.3. The molecule has 62 heavy (non-hydrogen) atoms. The van der Waals surface area contributed by atoms with E-state index in [2.05, 4.69) is 15.4 Å². The van der Waals surface area contributed by atoms with E-state index in [9.17, 15) is 32.0 Å². The van der Waals surface area contributed by atoms with E-state index in [1.165, 1.54) is 11.0 Å². The summed E-state index contributed by atoms with van der Waals surface area (Å²) in [5.41, 5.74) is 1.41. The van der Waals surface area contributed by atoms with Gasteiger partial charge in [0.15, 0.2) is 5.82 Å². The zero-order chi connectivity index (χ0) is 43.3. The number of rotatable bonds is 8. The molecule has 15 nitrogen and oxygen atoms in total. The van der Waals surface area contributed by atoms with Gasteiger partial charge in [-0.25, -0.2) is 22.6 Å². The first-order valence-electron chi connectivity index (χ1n) is 21.7. The maximum Gasteiger partial charge on any atom is 0.408 e.